The Balaban J connectivity index is 2.03. The molecule has 5 nitrogen and oxygen atoms in total. The zero-order valence-electron chi connectivity index (χ0n) is 6.80. The van der Waals surface area contributed by atoms with Gasteiger partial charge in [-0.1, -0.05) is 28.5 Å². The number of allylic oxidation sites excluding steroid dienone is 3. The van der Waals surface area contributed by atoms with E-state index in [-0.39, 0.29) is 0 Å². The molecule has 13 heavy (non-hydrogen) atoms. The van der Waals surface area contributed by atoms with Gasteiger partial charge in [-0.2, -0.15) is 0 Å². The summed E-state index contributed by atoms with van der Waals surface area (Å²) in [6, 6.07) is -1.14. The standard InChI is InChI=1S/C8H7N3O2/c12-7-9-10-8(13)11(7)5-6-3-1-2-4-6/h1-3H,4-5H2. The summed E-state index contributed by atoms with van der Waals surface area (Å²) in [5.41, 5.74) is 1.02. The minimum atomic E-state index is -0.571. The quantitative estimate of drug-likeness (QED) is 0.646. The van der Waals surface area contributed by atoms with Crippen LogP contribution < -0.4 is 0 Å². The summed E-state index contributed by atoms with van der Waals surface area (Å²) in [4.78, 5) is 23.0. The van der Waals surface area contributed by atoms with E-state index in [9.17, 15) is 9.59 Å². The Bertz CT molecular complexity index is 336. The molecule has 0 aromatic heterocycles. The Hall–Kier alpha value is -1.78. The van der Waals surface area contributed by atoms with Crippen LogP contribution in [0.1, 0.15) is 6.42 Å². The molecular formula is C8H7N3O2. The second kappa shape index (κ2) is 2.93. The number of imide groups is 1. The smallest absolute Gasteiger partial charge is 0.244 e. The number of hydrogen-bond acceptors (Lipinski definition) is 2. The van der Waals surface area contributed by atoms with Gasteiger partial charge in [-0.05, 0) is 12.0 Å². The number of azo groups is 1. The van der Waals surface area contributed by atoms with Gasteiger partial charge < -0.3 is 0 Å². The predicted octanol–water partition coefficient (Wildman–Crippen LogP) is 1.88. The molecule has 0 saturated heterocycles. The van der Waals surface area contributed by atoms with E-state index in [0.717, 1.165) is 16.9 Å². The fraction of sp³-hybridized carbons (Fsp3) is 0.250. The Labute approximate surface area is 74.4 Å². The van der Waals surface area contributed by atoms with E-state index in [2.05, 4.69) is 10.2 Å². The number of amides is 4. The summed E-state index contributed by atoms with van der Waals surface area (Å²) in [5.74, 6) is 0. The first-order chi connectivity index (χ1) is 6.27. The molecule has 0 bridgehead atoms. The van der Waals surface area contributed by atoms with Crippen molar-refractivity contribution >= 4 is 12.1 Å². The third-order valence-electron chi connectivity index (χ3n) is 1.89. The Morgan fingerprint density at radius 3 is 2.54 bits per heavy atom. The van der Waals surface area contributed by atoms with E-state index in [1.807, 2.05) is 18.2 Å². The van der Waals surface area contributed by atoms with Crippen LogP contribution in [0, 0.1) is 0 Å². The molecule has 0 fully saturated rings. The molecule has 0 saturated carbocycles. The van der Waals surface area contributed by atoms with Gasteiger partial charge in [0.2, 0.25) is 0 Å². The molecule has 1 aliphatic carbocycles. The van der Waals surface area contributed by atoms with Crippen molar-refractivity contribution in [3.8, 4) is 0 Å². The summed E-state index contributed by atoms with van der Waals surface area (Å²) >= 11 is 0. The van der Waals surface area contributed by atoms with Crippen LogP contribution >= 0.6 is 0 Å². The van der Waals surface area contributed by atoms with Crippen LogP contribution in [0.3, 0.4) is 0 Å². The lowest BCUT2D eigenvalue weighted by Gasteiger charge is -2.10. The molecule has 0 N–H and O–H groups in total. The van der Waals surface area contributed by atoms with Crippen LogP contribution in [0.5, 0.6) is 0 Å². The highest BCUT2D eigenvalue weighted by atomic mass is 16.2. The van der Waals surface area contributed by atoms with Crippen molar-refractivity contribution in [3.63, 3.8) is 0 Å². The maximum atomic E-state index is 11.0. The molecule has 66 valence electrons. The molecule has 0 unspecified atom stereocenters. The number of nitrogens with zero attached hydrogens (tertiary/aromatic N) is 3. The maximum Gasteiger partial charge on any atom is 0.370 e. The molecule has 0 aromatic rings. The van der Waals surface area contributed by atoms with Crippen molar-refractivity contribution < 1.29 is 9.59 Å². The molecular weight excluding hydrogens is 170 g/mol. The lowest BCUT2D eigenvalue weighted by atomic mass is 10.2. The van der Waals surface area contributed by atoms with Gasteiger partial charge in [0.05, 0.1) is 6.54 Å². The third-order valence-corrected chi connectivity index (χ3v) is 1.89. The van der Waals surface area contributed by atoms with Crippen LogP contribution in [0.2, 0.25) is 0 Å². The second-order valence-electron chi connectivity index (χ2n) is 2.81. The molecule has 0 spiro atoms. The van der Waals surface area contributed by atoms with Crippen LogP contribution in [-0.2, 0) is 0 Å². The Kier molecular flexibility index (Phi) is 1.77. The average Bonchev–Trinajstić information content (AvgIpc) is 2.70. The number of carbonyl (C=O) groups excluding carboxylic acids is 2. The predicted molar refractivity (Wildman–Crippen MR) is 44.2 cm³/mol. The van der Waals surface area contributed by atoms with Crippen molar-refractivity contribution in [2.45, 2.75) is 6.42 Å². The summed E-state index contributed by atoms with van der Waals surface area (Å²) in [7, 11) is 0. The van der Waals surface area contributed by atoms with Gasteiger partial charge in [-0.25, -0.2) is 14.5 Å². The summed E-state index contributed by atoms with van der Waals surface area (Å²) in [5, 5.41) is 6.31. The molecule has 5 heteroatoms. The lowest BCUT2D eigenvalue weighted by molar-refractivity contribution is 0.208. The normalized spacial score (nSPS) is 20.3. The monoisotopic (exact) mass is 177 g/mol. The highest BCUT2D eigenvalue weighted by Gasteiger charge is 2.27. The van der Waals surface area contributed by atoms with Gasteiger partial charge in [0.15, 0.2) is 0 Å². The van der Waals surface area contributed by atoms with Crippen molar-refractivity contribution in [2.24, 2.45) is 10.2 Å². The number of urea groups is 2. The van der Waals surface area contributed by atoms with E-state index >= 15 is 0 Å². The minimum Gasteiger partial charge on any atom is -0.244 e. The first kappa shape index (κ1) is 7.85. The lowest BCUT2D eigenvalue weighted by Crippen LogP contribution is -2.29. The molecule has 2 rings (SSSR count). The van der Waals surface area contributed by atoms with E-state index in [1.54, 1.807) is 0 Å². The zero-order valence-corrected chi connectivity index (χ0v) is 6.80. The van der Waals surface area contributed by atoms with Crippen LogP contribution in [0.25, 0.3) is 0 Å². The number of hydrogen-bond donors (Lipinski definition) is 0. The number of carbonyl (C=O) groups is 2. The Morgan fingerprint density at radius 2 is 2.00 bits per heavy atom. The first-order valence-corrected chi connectivity index (χ1v) is 3.89. The molecule has 0 aromatic carbocycles. The highest BCUT2D eigenvalue weighted by Crippen LogP contribution is 2.15. The van der Waals surface area contributed by atoms with E-state index in [1.165, 1.54) is 0 Å². The second-order valence-corrected chi connectivity index (χ2v) is 2.81. The summed E-state index contributed by atoms with van der Waals surface area (Å²) in [6.07, 6.45) is 6.54. The van der Waals surface area contributed by atoms with Crippen molar-refractivity contribution in [2.75, 3.05) is 6.54 Å². The van der Waals surface area contributed by atoms with Gasteiger partial charge in [-0.3, -0.25) is 0 Å². The molecule has 4 amide bonds. The molecule has 2 aliphatic rings. The fourth-order valence-corrected chi connectivity index (χ4v) is 1.22. The largest absolute Gasteiger partial charge is 0.370 e. The summed E-state index contributed by atoms with van der Waals surface area (Å²) < 4.78 is 0. The van der Waals surface area contributed by atoms with Crippen molar-refractivity contribution in [1.29, 1.82) is 0 Å². The van der Waals surface area contributed by atoms with Gasteiger partial charge in [0.1, 0.15) is 0 Å². The highest BCUT2D eigenvalue weighted by molar-refractivity contribution is 5.98. The Morgan fingerprint density at radius 1 is 1.31 bits per heavy atom. The van der Waals surface area contributed by atoms with Gasteiger partial charge in [-0.15, -0.1) is 0 Å². The van der Waals surface area contributed by atoms with Gasteiger partial charge >= 0.3 is 12.1 Å². The van der Waals surface area contributed by atoms with Gasteiger partial charge in [0.25, 0.3) is 0 Å². The van der Waals surface area contributed by atoms with Crippen LogP contribution in [0.15, 0.2) is 34.0 Å². The molecule has 0 atom stereocenters. The zero-order chi connectivity index (χ0) is 9.26. The topological polar surface area (TPSA) is 62.1 Å². The fourth-order valence-electron chi connectivity index (χ4n) is 1.22. The van der Waals surface area contributed by atoms with Crippen LogP contribution in [-0.4, -0.2) is 23.5 Å². The maximum absolute atomic E-state index is 11.0. The van der Waals surface area contributed by atoms with E-state index in [0.29, 0.717) is 6.54 Å². The molecule has 1 aliphatic heterocycles. The van der Waals surface area contributed by atoms with E-state index < -0.39 is 12.1 Å². The van der Waals surface area contributed by atoms with Crippen molar-refractivity contribution in [3.05, 3.63) is 23.8 Å². The summed E-state index contributed by atoms with van der Waals surface area (Å²) in [6.45, 7) is 0.303. The molecule has 1 heterocycles. The SMILES string of the molecule is O=C1N=NC(=O)N1CC1=CC=CC1. The van der Waals surface area contributed by atoms with Crippen molar-refractivity contribution in [1.82, 2.24) is 4.90 Å². The van der Waals surface area contributed by atoms with E-state index in [4.69, 9.17) is 0 Å². The third kappa shape index (κ3) is 1.40. The van der Waals surface area contributed by atoms with Gasteiger partial charge in [0, 0.05) is 0 Å². The average molecular weight is 177 g/mol. The molecule has 0 radical (unpaired) electrons. The first-order valence-electron chi connectivity index (χ1n) is 3.89. The number of rotatable bonds is 2. The minimum absolute atomic E-state index is 0.303. The van der Waals surface area contributed by atoms with Crippen LogP contribution in [0.4, 0.5) is 9.59 Å².